The van der Waals surface area contributed by atoms with Crippen molar-refractivity contribution in [2.45, 2.75) is 26.2 Å². The Morgan fingerprint density at radius 1 is 1.25 bits per heavy atom. The third-order valence-electron chi connectivity index (χ3n) is 1.84. The van der Waals surface area contributed by atoms with Gasteiger partial charge in [0, 0.05) is 0 Å². The Kier molecular flexibility index (Phi) is 2.74. The fraction of sp³-hybridized carbons (Fsp3) is 0.400. The zero-order chi connectivity index (χ0) is 9.19. The highest BCUT2D eigenvalue weighted by Crippen LogP contribution is 2.25. The quantitative estimate of drug-likeness (QED) is 0.606. The predicted molar refractivity (Wildman–Crippen MR) is 55.5 cm³/mol. The second-order valence-electron chi connectivity index (χ2n) is 3.90. The van der Waals surface area contributed by atoms with Gasteiger partial charge in [0.2, 0.25) is 0 Å². The number of rotatable bonds is 1. The van der Waals surface area contributed by atoms with Crippen LogP contribution in [-0.4, -0.2) is 0 Å². The highest BCUT2D eigenvalue weighted by molar-refractivity contribution is 7.10. The number of hydrogen-bond donors (Lipinski definition) is 0. The van der Waals surface area contributed by atoms with E-state index in [9.17, 15) is 0 Å². The first-order chi connectivity index (χ1) is 5.54. The standard InChI is InChI=1S/C10H15OP/c1-10(2,3)8-5-4-6-9(7-8)11-12/h4-7H,12H2,1-3H3. The maximum Gasteiger partial charge on any atom is 0.122 e. The van der Waals surface area contributed by atoms with Gasteiger partial charge in [-0.25, -0.2) is 0 Å². The molecule has 0 bridgehead atoms. The lowest BCUT2D eigenvalue weighted by atomic mass is 9.87. The van der Waals surface area contributed by atoms with Crippen molar-refractivity contribution in [3.8, 4) is 5.75 Å². The van der Waals surface area contributed by atoms with Gasteiger partial charge in [-0.1, -0.05) is 32.9 Å². The molecule has 1 nitrogen and oxygen atoms in total. The Labute approximate surface area is 76.4 Å². The topological polar surface area (TPSA) is 9.23 Å². The van der Waals surface area contributed by atoms with Crippen LogP contribution < -0.4 is 4.52 Å². The van der Waals surface area contributed by atoms with Crippen molar-refractivity contribution in [2.24, 2.45) is 0 Å². The Balaban J connectivity index is 3.02. The van der Waals surface area contributed by atoms with Crippen molar-refractivity contribution in [3.63, 3.8) is 0 Å². The van der Waals surface area contributed by atoms with Gasteiger partial charge in [0.15, 0.2) is 0 Å². The van der Waals surface area contributed by atoms with Crippen LogP contribution in [0.15, 0.2) is 24.3 Å². The van der Waals surface area contributed by atoms with Crippen LogP contribution in [0, 0.1) is 0 Å². The molecule has 12 heavy (non-hydrogen) atoms. The molecule has 0 spiro atoms. The molecule has 1 atom stereocenters. The van der Waals surface area contributed by atoms with Crippen LogP contribution in [-0.2, 0) is 5.41 Å². The summed E-state index contributed by atoms with van der Waals surface area (Å²) in [5.74, 6) is 0.896. The molecular formula is C10H15OP. The van der Waals surface area contributed by atoms with E-state index in [4.69, 9.17) is 4.52 Å². The van der Waals surface area contributed by atoms with Gasteiger partial charge in [-0.2, -0.15) is 0 Å². The van der Waals surface area contributed by atoms with Gasteiger partial charge in [0.25, 0.3) is 0 Å². The van der Waals surface area contributed by atoms with Crippen LogP contribution in [0.2, 0.25) is 0 Å². The van der Waals surface area contributed by atoms with Gasteiger partial charge in [-0.05, 0) is 23.1 Å². The van der Waals surface area contributed by atoms with Gasteiger partial charge in [-0.15, -0.1) is 0 Å². The first-order valence-electron chi connectivity index (χ1n) is 4.01. The second-order valence-corrected chi connectivity index (χ2v) is 4.13. The lowest BCUT2D eigenvalue weighted by Gasteiger charge is -2.19. The molecule has 0 amide bonds. The first kappa shape index (κ1) is 9.54. The van der Waals surface area contributed by atoms with Crippen molar-refractivity contribution in [1.82, 2.24) is 0 Å². The summed E-state index contributed by atoms with van der Waals surface area (Å²) in [5, 5.41) is 0. The molecule has 66 valence electrons. The molecule has 0 aliphatic heterocycles. The summed E-state index contributed by atoms with van der Waals surface area (Å²) < 4.78 is 5.07. The summed E-state index contributed by atoms with van der Waals surface area (Å²) in [6, 6.07) is 8.14. The molecule has 1 aromatic carbocycles. The highest BCUT2D eigenvalue weighted by Gasteiger charge is 2.13. The molecule has 0 heterocycles. The predicted octanol–water partition coefficient (Wildman–Crippen LogP) is 3.15. The van der Waals surface area contributed by atoms with E-state index in [2.05, 4.69) is 42.4 Å². The molecule has 0 saturated heterocycles. The first-order valence-corrected chi connectivity index (χ1v) is 4.48. The van der Waals surface area contributed by atoms with E-state index in [1.54, 1.807) is 0 Å². The molecule has 0 aliphatic carbocycles. The second kappa shape index (κ2) is 3.45. The fourth-order valence-electron chi connectivity index (χ4n) is 1.04. The smallest absolute Gasteiger partial charge is 0.122 e. The van der Waals surface area contributed by atoms with Crippen molar-refractivity contribution in [3.05, 3.63) is 29.8 Å². The summed E-state index contributed by atoms with van der Waals surface area (Å²) in [4.78, 5) is 0. The fourth-order valence-corrected chi connectivity index (χ4v) is 1.18. The van der Waals surface area contributed by atoms with Crippen LogP contribution in [0.4, 0.5) is 0 Å². The van der Waals surface area contributed by atoms with Gasteiger partial charge in [0.05, 0.1) is 9.47 Å². The zero-order valence-electron chi connectivity index (χ0n) is 7.79. The van der Waals surface area contributed by atoms with E-state index in [-0.39, 0.29) is 5.41 Å². The van der Waals surface area contributed by atoms with Gasteiger partial charge >= 0.3 is 0 Å². The summed E-state index contributed by atoms with van der Waals surface area (Å²) >= 11 is 0. The summed E-state index contributed by atoms with van der Waals surface area (Å²) in [5.41, 5.74) is 1.49. The Morgan fingerprint density at radius 3 is 2.42 bits per heavy atom. The molecule has 1 rings (SSSR count). The van der Waals surface area contributed by atoms with E-state index < -0.39 is 0 Å². The van der Waals surface area contributed by atoms with Crippen LogP contribution in [0.1, 0.15) is 26.3 Å². The van der Waals surface area contributed by atoms with E-state index in [1.807, 2.05) is 12.1 Å². The van der Waals surface area contributed by atoms with E-state index >= 15 is 0 Å². The lowest BCUT2D eigenvalue weighted by molar-refractivity contribution is 0.580. The number of hydrogen-bond acceptors (Lipinski definition) is 1. The normalized spacial score (nSPS) is 11.3. The van der Waals surface area contributed by atoms with Crippen LogP contribution >= 0.6 is 9.47 Å². The summed E-state index contributed by atoms with van der Waals surface area (Å²) in [6.45, 7) is 6.57. The van der Waals surface area contributed by atoms with E-state index in [1.165, 1.54) is 5.56 Å². The van der Waals surface area contributed by atoms with Gasteiger partial charge in [0.1, 0.15) is 5.75 Å². The largest absolute Gasteiger partial charge is 0.480 e. The Morgan fingerprint density at radius 2 is 1.92 bits per heavy atom. The molecule has 0 radical (unpaired) electrons. The average Bonchev–Trinajstić information content (AvgIpc) is 2.03. The van der Waals surface area contributed by atoms with Gasteiger partial charge < -0.3 is 4.52 Å². The monoisotopic (exact) mass is 182 g/mol. The third kappa shape index (κ3) is 2.22. The van der Waals surface area contributed by atoms with Gasteiger partial charge in [-0.3, -0.25) is 0 Å². The van der Waals surface area contributed by atoms with E-state index in [0.717, 1.165) is 5.75 Å². The Bertz CT molecular complexity index is 263. The molecule has 0 aromatic heterocycles. The van der Waals surface area contributed by atoms with Crippen molar-refractivity contribution in [2.75, 3.05) is 0 Å². The van der Waals surface area contributed by atoms with Crippen LogP contribution in [0.3, 0.4) is 0 Å². The molecule has 0 N–H and O–H groups in total. The minimum atomic E-state index is 0.194. The minimum Gasteiger partial charge on any atom is -0.480 e. The Hall–Kier alpha value is -0.550. The van der Waals surface area contributed by atoms with Crippen LogP contribution in [0.5, 0.6) is 5.75 Å². The molecule has 1 aromatic rings. The van der Waals surface area contributed by atoms with Crippen molar-refractivity contribution < 1.29 is 4.52 Å². The maximum atomic E-state index is 5.07. The molecule has 2 heteroatoms. The summed E-state index contributed by atoms with van der Waals surface area (Å²) in [7, 11) is 2.26. The summed E-state index contributed by atoms with van der Waals surface area (Å²) in [6.07, 6.45) is 0. The van der Waals surface area contributed by atoms with Crippen molar-refractivity contribution >= 4 is 9.47 Å². The average molecular weight is 182 g/mol. The van der Waals surface area contributed by atoms with E-state index in [0.29, 0.717) is 0 Å². The number of benzene rings is 1. The van der Waals surface area contributed by atoms with Crippen LogP contribution in [0.25, 0.3) is 0 Å². The highest BCUT2D eigenvalue weighted by atomic mass is 31.0. The molecular weight excluding hydrogens is 167 g/mol. The molecule has 0 aliphatic rings. The third-order valence-corrected chi connectivity index (χ3v) is 2.11. The zero-order valence-corrected chi connectivity index (χ0v) is 8.95. The molecule has 0 saturated carbocycles. The molecule has 0 fully saturated rings. The lowest BCUT2D eigenvalue weighted by Crippen LogP contribution is -2.10. The maximum absolute atomic E-state index is 5.07. The minimum absolute atomic E-state index is 0.194. The molecule has 1 unspecified atom stereocenters. The SMILES string of the molecule is CC(C)(C)c1cccc(OP)c1. The van der Waals surface area contributed by atoms with Crippen molar-refractivity contribution in [1.29, 1.82) is 0 Å².